The van der Waals surface area contributed by atoms with Crippen LogP contribution >= 0.6 is 0 Å². The first kappa shape index (κ1) is 23.1. The van der Waals surface area contributed by atoms with Crippen LogP contribution in [0.2, 0.25) is 0 Å². The lowest BCUT2D eigenvalue weighted by Crippen LogP contribution is -2.50. The number of aryl methyl sites for hydroxylation is 1. The Bertz CT molecular complexity index is 1000. The number of anilines is 1. The van der Waals surface area contributed by atoms with Crippen LogP contribution in [-0.2, 0) is 10.2 Å². The molecule has 0 aromatic heterocycles. The van der Waals surface area contributed by atoms with Crippen molar-refractivity contribution in [1.29, 1.82) is 0 Å². The number of piperazine rings is 1. The number of rotatable bonds is 7. The molecule has 1 aliphatic rings. The molecule has 1 saturated heterocycles. The molecule has 0 unspecified atom stereocenters. The van der Waals surface area contributed by atoms with Crippen molar-refractivity contribution in [1.82, 2.24) is 9.80 Å². The van der Waals surface area contributed by atoms with Crippen LogP contribution in [0.3, 0.4) is 0 Å². The summed E-state index contributed by atoms with van der Waals surface area (Å²) in [6.07, 6.45) is 0.752. The molecule has 0 saturated carbocycles. The van der Waals surface area contributed by atoms with E-state index in [-0.39, 0.29) is 5.91 Å². The fourth-order valence-electron chi connectivity index (χ4n) is 5.09. The third kappa shape index (κ3) is 4.81. The Labute approximate surface area is 198 Å². The van der Waals surface area contributed by atoms with Crippen LogP contribution < -0.4 is 4.90 Å². The summed E-state index contributed by atoms with van der Waals surface area (Å²) in [7, 11) is 3.73. The van der Waals surface area contributed by atoms with Crippen molar-refractivity contribution in [2.45, 2.75) is 18.8 Å². The molecule has 1 amide bonds. The van der Waals surface area contributed by atoms with Gasteiger partial charge in [0, 0.05) is 46.0 Å². The molecule has 4 rings (SSSR count). The lowest BCUT2D eigenvalue weighted by molar-refractivity contribution is -0.133. The van der Waals surface area contributed by atoms with E-state index in [2.05, 4.69) is 65.3 Å². The molecule has 172 valence electrons. The number of benzene rings is 3. The van der Waals surface area contributed by atoms with Crippen molar-refractivity contribution in [2.75, 3.05) is 51.7 Å². The molecular weight excluding hydrogens is 406 g/mol. The van der Waals surface area contributed by atoms with E-state index in [1.54, 1.807) is 4.90 Å². The van der Waals surface area contributed by atoms with E-state index in [9.17, 15) is 4.79 Å². The summed E-state index contributed by atoms with van der Waals surface area (Å²) in [5.41, 5.74) is 4.10. The Morgan fingerprint density at radius 2 is 1.30 bits per heavy atom. The first-order valence-corrected chi connectivity index (χ1v) is 11.9. The van der Waals surface area contributed by atoms with E-state index in [0.29, 0.717) is 0 Å². The summed E-state index contributed by atoms with van der Waals surface area (Å²) in [5.74, 6) is 0.137. The van der Waals surface area contributed by atoms with Crippen molar-refractivity contribution in [3.05, 3.63) is 102 Å². The highest BCUT2D eigenvalue weighted by molar-refractivity contribution is 5.92. The molecule has 3 aromatic carbocycles. The number of likely N-dealkylation sites (N-methyl/N-ethyl adjacent to an activating group) is 1. The van der Waals surface area contributed by atoms with Crippen LogP contribution in [-0.4, -0.2) is 62.5 Å². The van der Waals surface area contributed by atoms with Gasteiger partial charge < -0.3 is 9.80 Å². The maximum atomic E-state index is 13.8. The minimum atomic E-state index is -0.695. The Balaban J connectivity index is 1.57. The summed E-state index contributed by atoms with van der Waals surface area (Å²) >= 11 is 0. The van der Waals surface area contributed by atoms with Crippen LogP contribution in [0, 0.1) is 6.92 Å². The fourth-order valence-corrected chi connectivity index (χ4v) is 5.09. The highest BCUT2D eigenvalue weighted by Gasteiger charge is 2.43. The normalized spacial score (nSPS) is 14.8. The average Bonchev–Trinajstić information content (AvgIpc) is 2.86. The standard InChI is InChI=1S/C29H35N3O/c1-24-12-10-11-17-27(24)32-22-20-31(21-23-32)19-18-29(28(33)30(2)3,25-13-6-4-7-14-25)26-15-8-5-9-16-26/h4-17H,18-23H2,1-3H3. The van der Waals surface area contributed by atoms with Crippen molar-refractivity contribution >= 4 is 11.6 Å². The number of carbonyl (C=O) groups is 1. The fraction of sp³-hybridized carbons (Fsp3) is 0.345. The predicted molar refractivity (Wildman–Crippen MR) is 137 cm³/mol. The van der Waals surface area contributed by atoms with E-state index in [0.717, 1.165) is 50.3 Å². The van der Waals surface area contributed by atoms with E-state index < -0.39 is 5.41 Å². The summed E-state index contributed by atoms with van der Waals surface area (Å²) in [4.78, 5) is 20.6. The van der Waals surface area contributed by atoms with Gasteiger partial charge in [-0.2, -0.15) is 0 Å². The maximum Gasteiger partial charge on any atom is 0.237 e. The number of hydrogen-bond donors (Lipinski definition) is 0. The Morgan fingerprint density at radius 3 is 1.82 bits per heavy atom. The van der Waals surface area contributed by atoms with Gasteiger partial charge in [0.2, 0.25) is 5.91 Å². The van der Waals surface area contributed by atoms with Crippen molar-refractivity contribution < 1.29 is 4.79 Å². The third-order valence-corrected chi connectivity index (χ3v) is 6.94. The number of hydrogen-bond acceptors (Lipinski definition) is 3. The summed E-state index contributed by atoms with van der Waals surface area (Å²) in [6, 6.07) is 29.2. The highest BCUT2D eigenvalue weighted by atomic mass is 16.2. The van der Waals surface area contributed by atoms with Crippen molar-refractivity contribution in [3.63, 3.8) is 0 Å². The molecule has 1 heterocycles. The number of amides is 1. The van der Waals surface area contributed by atoms with Gasteiger partial charge in [-0.05, 0) is 42.6 Å². The quantitative estimate of drug-likeness (QED) is 0.537. The Kier molecular flexibility index (Phi) is 7.14. The van der Waals surface area contributed by atoms with Crippen molar-refractivity contribution in [3.8, 4) is 0 Å². The molecule has 0 bridgehead atoms. The molecule has 0 aliphatic carbocycles. The summed E-state index contributed by atoms with van der Waals surface area (Å²) < 4.78 is 0. The zero-order chi connectivity index (χ0) is 23.3. The van der Waals surface area contributed by atoms with Gasteiger partial charge in [0.05, 0.1) is 0 Å². The Hall–Kier alpha value is -3.11. The van der Waals surface area contributed by atoms with Gasteiger partial charge in [0.25, 0.3) is 0 Å². The Morgan fingerprint density at radius 1 is 0.788 bits per heavy atom. The smallest absolute Gasteiger partial charge is 0.237 e. The second-order valence-electron chi connectivity index (χ2n) is 9.20. The lowest BCUT2D eigenvalue weighted by Gasteiger charge is -2.40. The molecule has 3 aromatic rings. The summed E-state index contributed by atoms with van der Waals surface area (Å²) in [5, 5.41) is 0. The first-order chi connectivity index (χ1) is 16.0. The molecule has 33 heavy (non-hydrogen) atoms. The van der Waals surface area contributed by atoms with Gasteiger partial charge >= 0.3 is 0 Å². The van der Waals surface area contributed by atoms with E-state index in [4.69, 9.17) is 0 Å². The largest absolute Gasteiger partial charge is 0.369 e. The molecular formula is C29H35N3O. The maximum absolute atomic E-state index is 13.8. The topological polar surface area (TPSA) is 26.8 Å². The zero-order valence-electron chi connectivity index (χ0n) is 20.1. The molecule has 4 heteroatoms. The number of carbonyl (C=O) groups excluding carboxylic acids is 1. The van der Waals surface area contributed by atoms with Gasteiger partial charge in [-0.25, -0.2) is 0 Å². The van der Waals surface area contributed by atoms with Crippen LogP contribution in [0.1, 0.15) is 23.1 Å². The second kappa shape index (κ2) is 10.2. The van der Waals surface area contributed by atoms with Crippen LogP contribution in [0.5, 0.6) is 0 Å². The number of nitrogens with zero attached hydrogens (tertiary/aromatic N) is 3. The molecule has 0 atom stereocenters. The minimum Gasteiger partial charge on any atom is -0.369 e. The second-order valence-corrected chi connectivity index (χ2v) is 9.20. The van der Waals surface area contributed by atoms with Crippen LogP contribution in [0.15, 0.2) is 84.9 Å². The SMILES string of the molecule is Cc1ccccc1N1CCN(CCC(C(=O)N(C)C)(c2ccccc2)c2ccccc2)CC1. The molecule has 4 nitrogen and oxygen atoms in total. The highest BCUT2D eigenvalue weighted by Crippen LogP contribution is 2.38. The molecule has 0 radical (unpaired) electrons. The third-order valence-electron chi connectivity index (χ3n) is 6.94. The zero-order valence-corrected chi connectivity index (χ0v) is 20.1. The van der Waals surface area contributed by atoms with Gasteiger partial charge in [0.15, 0.2) is 0 Å². The predicted octanol–water partition coefficient (Wildman–Crippen LogP) is 4.58. The average molecular weight is 442 g/mol. The van der Waals surface area contributed by atoms with E-state index in [1.165, 1.54) is 11.3 Å². The first-order valence-electron chi connectivity index (χ1n) is 11.9. The molecule has 1 fully saturated rings. The molecule has 0 N–H and O–H groups in total. The van der Waals surface area contributed by atoms with Crippen LogP contribution in [0.4, 0.5) is 5.69 Å². The van der Waals surface area contributed by atoms with E-state index in [1.807, 2.05) is 50.5 Å². The van der Waals surface area contributed by atoms with Gasteiger partial charge in [0.1, 0.15) is 5.41 Å². The number of para-hydroxylation sites is 1. The summed E-state index contributed by atoms with van der Waals surface area (Å²) in [6.45, 7) is 7.09. The molecule has 1 aliphatic heterocycles. The van der Waals surface area contributed by atoms with Crippen LogP contribution in [0.25, 0.3) is 0 Å². The van der Waals surface area contributed by atoms with Gasteiger partial charge in [-0.1, -0.05) is 78.9 Å². The molecule has 0 spiro atoms. The monoisotopic (exact) mass is 441 g/mol. The lowest BCUT2D eigenvalue weighted by atomic mass is 9.70. The van der Waals surface area contributed by atoms with E-state index >= 15 is 0 Å². The van der Waals surface area contributed by atoms with Gasteiger partial charge in [-0.15, -0.1) is 0 Å². The van der Waals surface area contributed by atoms with Crippen molar-refractivity contribution in [2.24, 2.45) is 0 Å². The minimum absolute atomic E-state index is 0.137. The van der Waals surface area contributed by atoms with Gasteiger partial charge in [-0.3, -0.25) is 9.69 Å².